The van der Waals surface area contributed by atoms with Gasteiger partial charge in [-0.05, 0) is 58.7 Å². The second-order valence-corrected chi connectivity index (χ2v) is 5.42. The fourth-order valence-corrected chi connectivity index (χ4v) is 2.99. The summed E-state index contributed by atoms with van der Waals surface area (Å²) in [6.45, 7) is 12.1. The Kier molecular flexibility index (Phi) is 3.36. The predicted octanol–water partition coefficient (Wildman–Crippen LogP) is 4.22. The van der Waals surface area contributed by atoms with Crippen LogP contribution in [0.5, 0.6) is 0 Å². The standard InChI is InChI=1S/C17H21NO/c1-10-7-11(2)17(12(3)8-10)18-13(4)9-16(14(18)5)15(6)19/h7-9H,1-6H3. The van der Waals surface area contributed by atoms with Gasteiger partial charge >= 0.3 is 0 Å². The third-order valence-electron chi connectivity index (χ3n) is 3.67. The zero-order chi connectivity index (χ0) is 14.3. The first kappa shape index (κ1) is 13.6. The van der Waals surface area contributed by atoms with Crippen molar-refractivity contribution >= 4 is 5.78 Å². The molecule has 2 heteroatoms. The van der Waals surface area contributed by atoms with Crippen LogP contribution in [-0.2, 0) is 0 Å². The number of hydrogen-bond acceptors (Lipinski definition) is 1. The zero-order valence-electron chi connectivity index (χ0n) is 12.6. The molecule has 2 rings (SSSR count). The van der Waals surface area contributed by atoms with Gasteiger partial charge in [0.25, 0.3) is 0 Å². The minimum atomic E-state index is 0.127. The van der Waals surface area contributed by atoms with Crippen LogP contribution in [0, 0.1) is 34.6 Å². The highest BCUT2D eigenvalue weighted by Gasteiger charge is 2.16. The van der Waals surface area contributed by atoms with Gasteiger partial charge in [0.05, 0.1) is 5.69 Å². The van der Waals surface area contributed by atoms with Crippen molar-refractivity contribution in [3.05, 3.63) is 51.8 Å². The van der Waals surface area contributed by atoms with Crippen LogP contribution in [0.15, 0.2) is 18.2 Å². The van der Waals surface area contributed by atoms with Gasteiger partial charge in [0.2, 0.25) is 0 Å². The second kappa shape index (κ2) is 4.69. The Morgan fingerprint density at radius 2 is 1.47 bits per heavy atom. The van der Waals surface area contributed by atoms with Gasteiger partial charge in [-0.15, -0.1) is 0 Å². The minimum absolute atomic E-state index is 0.127. The van der Waals surface area contributed by atoms with Crippen LogP contribution in [0.3, 0.4) is 0 Å². The summed E-state index contributed by atoms with van der Waals surface area (Å²) >= 11 is 0. The molecule has 0 spiro atoms. The van der Waals surface area contributed by atoms with Gasteiger partial charge in [-0.25, -0.2) is 0 Å². The zero-order valence-corrected chi connectivity index (χ0v) is 12.6. The lowest BCUT2D eigenvalue weighted by Crippen LogP contribution is -2.05. The molecule has 0 fully saturated rings. The molecule has 2 aromatic rings. The summed E-state index contributed by atoms with van der Waals surface area (Å²) in [5, 5.41) is 0. The van der Waals surface area contributed by atoms with E-state index in [9.17, 15) is 4.79 Å². The molecule has 0 saturated carbocycles. The highest BCUT2D eigenvalue weighted by molar-refractivity contribution is 5.95. The minimum Gasteiger partial charge on any atom is -0.317 e. The Morgan fingerprint density at radius 3 is 1.89 bits per heavy atom. The van der Waals surface area contributed by atoms with E-state index in [1.54, 1.807) is 6.92 Å². The summed E-state index contributed by atoms with van der Waals surface area (Å²) in [4.78, 5) is 11.7. The van der Waals surface area contributed by atoms with Crippen molar-refractivity contribution in [2.24, 2.45) is 0 Å². The van der Waals surface area contributed by atoms with Gasteiger partial charge < -0.3 is 4.57 Å². The molecule has 1 heterocycles. The van der Waals surface area contributed by atoms with Gasteiger partial charge in [0, 0.05) is 17.0 Å². The average molecular weight is 255 g/mol. The molecule has 0 unspecified atom stereocenters. The third-order valence-corrected chi connectivity index (χ3v) is 3.67. The molecule has 0 radical (unpaired) electrons. The van der Waals surface area contributed by atoms with Crippen molar-refractivity contribution in [2.75, 3.05) is 0 Å². The summed E-state index contributed by atoms with van der Waals surface area (Å²) in [6.07, 6.45) is 0. The maximum atomic E-state index is 11.7. The summed E-state index contributed by atoms with van der Waals surface area (Å²) in [5.74, 6) is 0.127. The molecule has 0 saturated heterocycles. The van der Waals surface area contributed by atoms with Crippen LogP contribution < -0.4 is 0 Å². The molecule has 0 aliphatic rings. The summed E-state index contributed by atoms with van der Waals surface area (Å²) in [7, 11) is 0. The molecule has 2 nitrogen and oxygen atoms in total. The van der Waals surface area contributed by atoms with E-state index < -0.39 is 0 Å². The Labute approximate surface area is 115 Å². The molecule has 0 aliphatic heterocycles. The molecule has 0 atom stereocenters. The summed E-state index contributed by atoms with van der Waals surface area (Å²) in [5.41, 5.74) is 7.92. The Bertz CT molecular complexity index is 639. The topological polar surface area (TPSA) is 22.0 Å². The van der Waals surface area contributed by atoms with Crippen molar-refractivity contribution in [1.29, 1.82) is 0 Å². The first-order chi connectivity index (χ1) is 8.82. The number of Topliss-reactive ketones (excluding diaryl/α,β-unsaturated/α-hetero) is 1. The van der Waals surface area contributed by atoms with E-state index in [0.717, 1.165) is 17.0 Å². The van der Waals surface area contributed by atoms with Crippen molar-refractivity contribution in [2.45, 2.75) is 41.5 Å². The normalized spacial score (nSPS) is 10.8. The average Bonchev–Trinajstić information content (AvgIpc) is 2.55. The monoisotopic (exact) mass is 255 g/mol. The molecule has 1 aromatic heterocycles. The highest BCUT2D eigenvalue weighted by atomic mass is 16.1. The molecule has 1 aromatic carbocycles. The number of benzene rings is 1. The van der Waals surface area contributed by atoms with Gasteiger partial charge in [0.15, 0.2) is 5.78 Å². The molecular formula is C17H21NO. The molecular weight excluding hydrogens is 234 g/mol. The molecule has 19 heavy (non-hydrogen) atoms. The summed E-state index contributed by atoms with van der Waals surface area (Å²) in [6, 6.07) is 6.36. The maximum absolute atomic E-state index is 11.7. The van der Waals surface area contributed by atoms with Crippen LogP contribution in [0.2, 0.25) is 0 Å². The first-order valence-electron chi connectivity index (χ1n) is 6.61. The maximum Gasteiger partial charge on any atom is 0.161 e. The number of aromatic nitrogens is 1. The second-order valence-electron chi connectivity index (χ2n) is 5.42. The number of hydrogen-bond donors (Lipinski definition) is 0. The Balaban J connectivity index is 2.77. The number of nitrogens with zero attached hydrogens (tertiary/aromatic N) is 1. The van der Waals surface area contributed by atoms with E-state index >= 15 is 0 Å². The third kappa shape index (κ3) is 2.23. The number of aryl methyl sites for hydroxylation is 4. The van der Waals surface area contributed by atoms with Crippen LogP contribution in [0.4, 0.5) is 0 Å². The molecule has 100 valence electrons. The molecule has 0 N–H and O–H groups in total. The lowest BCUT2D eigenvalue weighted by Gasteiger charge is -2.16. The molecule has 0 aliphatic carbocycles. The van der Waals surface area contributed by atoms with Gasteiger partial charge in [0.1, 0.15) is 0 Å². The fourth-order valence-electron chi connectivity index (χ4n) is 2.99. The number of carbonyl (C=O) groups excluding carboxylic acids is 1. The van der Waals surface area contributed by atoms with E-state index in [0.29, 0.717) is 0 Å². The van der Waals surface area contributed by atoms with Crippen molar-refractivity contribution in [1.82, 2.24) is 4.57 Å². The van der Waals surface area contributed by atoms with Gasteiger partial charge in [-0.3, -0.25) is 4.79 Å². The predicted molar refractivity (Wildman–Crippen MR) is 79.5 cm³/mol. The fraction of sp³-hybridized carbons (Fsp3) is 0.353. The van der Waals surface area contributed by atoms with Crippen molar-refractivity contribution < 1.29 is 4.79 Å². The highest BCUT2D eigenvalue weighted by Crippen LogP contribution is 2.27. The first-order valence-corrected chi connectivity index (χ1v) is 6.61. The SMILES string of the molecule is CC(=O)c1cc(C)n(-c2c(C)cc(C)cc2C)c1C. The van der Waals surface area contributed by atoms with Crippen LogP contribution in [0.25, 0.3) is 5.69 Å². The van der Waals surface area contributed by atoms with E-state index in [4.69, 9.17) is 0 Å². The van der Waals surface area contributed by atoms with Gasteiger partial charge in [-0.2, -0.15) is 0 Å². The smallest absolute Gasteiger partial charge is 0.161 e. The van der Waals surface area contributed by atoms with E-state index in [1.165, 1.54) is 22.4 Å². The van der Waals surface area contributed by atoms with Crippen LogP contribution in [0.1, 0.15) is 45.4 Å². The molecule has 0 amide bonds. The Hall–Kier alpha value is -1.83. The van der Waals surface area contributed by atoms with Crippen molar-refractivity contribution in [3.63, 3.8) is 0 Å². The van der Waals surface area contributed by atoms with Gasteiger partial charge in [-0.1, -0.05) is 17.7 Å². The van der Waals surface area contributed by atoms with Crippen molar-refractivity contribution in [3.8, 4) is 5.69 Å². The van der Waals surface area contributed by atoms with E-state index in [1.807, 2.05) is 13.0 Å². The Morgan fingerprint density at radius 1 is 0.947 bits per heavy atom. The number of ketones is 1. The van der Waals surface area contributed by atoms with E-state index in [2.05, 4.69) is 44.4 Å². The molecule has 0 bridgehead atoms. The number of carbonyl (C=O) groups is 1. The lowest BCUT2D eigenvalue weighted by molar-refractivity contribution is 0.101. The lowest BCUT2D eigenvalue weighted by atomic mass is 10.0. The van der Waals surface area contributed by atoms with E-state index in [-0.39, 0.29) is 5.78 Å². The quantitative estimate of drug-likeness (QED) is 0.736. The number of rotatable bonds is 2. The summed E-state index contributed by atoms with van der Waals surface area (Å²) < 4.78 is 2.20. The largest absolute Gasteiger partial charge is 0.317 e. The van der Waals surface area contributed by atoms with Crippen LogP contribution in [-0.4, -0.2) is 10.4 Å². The van der Waals surface area contributed by atoms with Crippen LogP contribution >= 0.6 is 0 Å².